The van der Waals surface area contributed by atoms with Crippen LogP contribution in [0.15, 0.2) is 0 Å². The number of carbonyl (C=O) groups excluding carboxylic acids is 3. The van der Waals surface area contributed by atoms with Crippen LogP contribution in [-0.4, -0.2) is 43.2 Å². The van der Waals surface area contributed by atoms with Gasteiger partial charge in [0, 0.05) is 37.1 Å². The molecular weight excluding hydrogens is 584 g/mol. The summed E-state index contributed by atoms with van der Waals surface area (Å²) in [5.74, 6) is 0. The molecule has 0 spiro atoms. The first kappa shape index (κ1) is 61.4. The molecule has 12 heteroatoms. The molecule has 0 bridgehead atoms. The van der Waals surface area contributed by atoms with Gasteiger partial charge in [-0.15, -0.1) is 0 Å². The minimum Gasteiger partial charge on any atom is -0.794 e. The summed E-state index contributed by atoms with van der Waals surface area (Å²) in [5.41, 5.74) is -0.128. The summed E-state index contributed by atoms with van der Waals surface area (Å²) in [4.78, 5) is 36.7. The van der Waals surface area contributed by atoms with Crippen LogP contribution in [0.3, 0.4) is 0 Å². The zero-order valence-electron chi connectivity index (χ0n) is 24.4. The molecule has 0 amide bonds. The van der Waals surface area contributed by atoms with Gasteiger partial charge in [0.05, 0.1) is 12.2 Å². The molecule has 0 aliphatic heterocycles. The van der Waals surface area contributed by atoms with E-state index < -0.39 is 0 Å². The number of ether oxygens (including phenoxy) is 2. The van der Waals surface area contributed by atoms with Crippen LogP contribution in [0.25, 0.3) is 0 Å². The van der Waals surface area contributed by atoms with Crippen LogP contribution in [0.2, 0.25) is 0 Å². The summed E-state index contributed by atoms with van der Waals surface area (Å²) in [7, 11) is 0. The second-order valence-electron chi connectivity index (χ2n) is 10.8. The summed E-state index contributed by atoms with van der Waals surface area (Å²) in [5, 5.41) is 14.9. The van der Waals surface area contributed by atoms with E-state index in [1.807, 2.05) is 0 Å². The zero-order chi connectivity index (χ0) is 25.4. The molecule has 0 saturated carbocycles. The second kappa shape index (κ2) is 30.9. The molecule has 0 saturated heterocycles. The Hall–Kier alpha value is 2.32. The average Bonchev–Trinajstić information content (AvgIpc) is 2.48. The number of aliphatic hydroxyl groups excluding tert-OH is 1. The van der Waals surface area contributed by atoms with Crippen molar-refractivity contribution in [1.29, 1.82) is 0 Å². The van der Waals surface area contributed by atoms with Gasteiger partial charge in [-0.3, -0.25) is 0 Å². The Balaban J connectivity index is -0.0000000402. The molecule has 0 aromatic rings. The summed E-state index contributed by atoms with van der Waals surface area (Å²) >= 11 is 0. The van der Waals surface area contributed by atoms with E-state index in [9.17, 15) is 9.59 Å². The molecule has 0 fully saturated rings. The fourth-order valence-electron chi connectivity index (χ4n) is 3.40. The van der Waals surface area contributed by atoms with Crippen molar-refractivity contribution in [3.8, 4) is 0 Å². The number of hydrogen-bond donors (Lipinski definition) is 1. The predicted octanol–water partition coefficient (Wildman–Crippen LogP) is -2.60. The molecule has 0 unspecified atom stereocenters. The molecule has 0 aromatic carbocycles. The fraction of sp³-hybridized carbons (Fsp3) is 0.783. The summed E-state index contributed by atoms with van der Waals surface area (Å²) in [6, 6.07) is 0. The van der Waals surface area contributed by atoms with Crippen molar-refractivity contribution in [2.45, 2.75) is 95.3 Å². The third-order valence-corrected chi connectivity index (χ3v) is 3.48. The Morgan fingerprint density at radius 3 is 0.743 bits per heavy atom. The molecular formula is C23H42K2O8V2-4. The van der Waals surface area contributed by atoms with Crippen molar-refractivity contribution in [2.24, 2.45) is 21.7 Å². The first-order chi connectivity index (χ1) is 13.2. The monoisotopic (exact) mass is 626 g/mol. The van der Waals surface area contributed by atoms with Crippen LogP contribution in [0.4, 0.5) is 0 Å². The molecule has 198 valence electrons. The SMILES string of the molecule is CC(C)(C)C(O[C-]=O)C(C)(C)C.CC(C)(C)C(O[C-]=O)C(C)(C)C.O=[C-]O.O=[C-][O-].[CH3-].[K+].[K+].[V].[V]. The first-order valence-corrected chi connectivity index (χ1v) is 9.28. The maximum Gasteiger partial charge on any atom is 1.00 e. The summed E-state index contributed by atoms with van der Waals surface area (Å²) in [6.45, 7) is 28.5. The second-order valence-corrected chi connectivity index (χ2v) is 10.8. The van der Waals surface area contributed by atoms with Gasteiger partial charge in [-0.1, -0.05) is 103 Å². The van der Waals surface area contributed by atoms with Crippen molar-refractivity contribution in [3.63, 3.8) is 0 Å². The average molecular weight is 627 g/mol. The fourth-order valence-corrected chi connectivity index (χ4v) is 3.40. The molecule has 2 radical (unpaired) electrons. The number of hydrogen-bond acceptors (Lipinski definition) is 7. The molecule has 8 nitrogen and oxygen atoms in total. The molecule has 35 heavy (non-hydrogen) atoms. The van der Waals surface area contributed by atoms with Gasteiger partial charge in [-0.05, 0) is 21.7 Å². The van der Waals surface area contributed by atoms with Gasteiger partial charge in [-0.2, -0.15) is 0 Å². The van der Waals surface area contributed by atoms with Gasteiger partial charge >= 0.3 is 103 Å². The molecule has 0 aliphatic carbocycles. The normalized spacial score (nSPS) is 9.77. The van der Waals surface area contributed by atoms with E-state index in [0.717, 1.165) is 0 Å². The van der Waals surface area contributed by atoms with Gasteiger partial charge in [0.15, 0.2) is 0 Å². The standard InChI is InChI=1S/2C10H19O2.CHO2.CO2.CH3.2K.2V/c2*1-9(2,3)8(12-7-11)10(4,5)6;2*2-1-3;;;;;/h2*8H,1-6H3;(H,2,3);;1H3;;;;/q3*-1;-2;-1;2*+1;;. The smallest absolute Gasteiger partial charge is 0.794 e. The van der Waals surface area contributed by atoms with Crippen LogP contribution < -0.4 is 108 Å². The van der Waals surface area contributed by atoms with Gasteiger partial charge in [0.1, 0.15) is 0 Å². The van der Waals surface area contributed by atoms with Crippen molar-refractivity contribution >= 4 is 25.9 Å². The van der Waals surface area contributed by atoms with Crippen LogP contribution in [0, 0.1) is 29.1 Å². The molecule has 1 N–H and O–H groups in total. The van der Waals surface area contributed by atoms with E-state index in [1.165, 1.54) is 12.9 Å². The van der Waals surface area contributed by atoms with Crippen LogP contribution in [0.1, 0.15) is 83.1 Å². The van der Waals surface area contributed by atoms with E-state index >= 15 is 0 Å². The van der Waals surface area contributed by atoms with E-state index in [4.69, 9.17) is 29.3 Å². The van der Waals surface area contributed by atoms with Gasteiger partial charge in [-0.25, -0.2) is 0 Å². The Morgan fingerprint density at radius 2 is 0.714 bits per heavy atom. The summed E-state index contributed by atoms with van der Waals surface area (Å²) < 4.78 is 9.93. The minimum atomic E-state index is -0.0949. The van der Waals surface area contributed by atoms with Crippen LogP contribution in [-0.2, 0) is 65.8 Å². The first-order valence-electron chi connectivity index (χ1n) is 9.28. The van der Waals surface area contributed by atoms with Crippen molar-refractivity contribution in [2.75, 3.05) is 0 Å². The Labute approximate surface area is 323 Å². The molecule has 0 heterocycles. The van der Waals surface area contributed by atoms with Crippen LogP contribution >= 0.6 is 0 Å². The molecule has 0 rings (SSSR count). The zero-order valence-corrected chi connectivity index (χ0v) is 33.4. The summed E-state index contributed by atoms with van der Waals surface area (Å²) in [6.07, 6.45) is -0.190. The van der Waals surface area contributed by atoms with Gasteiger partial charge < -0.3 is 52.8 Å². The van der Waals surface area contributed by atoms with Crippen molar-refractivity contribution in [1.82, 2.24) is 0 Å². The van der Waals surface area contributed by atoms with Gasteiger partial charge in [0.2, 0.25) is 0 Å². The maximum atomic E-state index is 10.2. The predicted molar refractivity (Wildman–Crippen MR) is 119 cm³/mol. The van der Waals surface area contributed by atoms with Crippen molar-refractivity contribution in [3.05, 3.63) is 7.43 Å². The van der Waals surface area contributed by atoms with E-state index in [1.54, 1.807) is 0 Å². The van der Waals surface area contributed by atoms with E-state index in [0.29, 0.717) is 6.47 Å². The number of rotatable bonds is 4. The quantitative estimate of drug-likeness (QED) is 0.266. The van der Waals surface area contributed by atoms with Gasteiger partial charge in [0.25, 0.3) is 0 Å². The minimum absolute atomic E-state index is 0. The molecule has 0 atom stereocenters. The largest absolute Gasteiger partial charge is 1.00 e. The molecule has 0 aliphatic rings. The van der Waals surface area contributed by atoms with Crippen molar-refractivity contribution < 1.29 is 179 Å². The van der Waals surface area contributed by atoms with Crippen LogP contribution in [0.5, 0.6) is 0 Å². The third-order valence-electron chi connectivity index (χ3n) is 3.48. The Kier molecular flexibility index (Phi) is 54.1. The topological polar surface area (TPSA) is 130 Å². The maximum absolute atomic E-state index is 10.2. The van der Waals surface area contributed by atoms with E-state index in [-0.39, 0.29) is 188 Å². The van der Waals surface area contributed by atoms with E-state index in [2.05, 4.69) is 83.1 Å². The Morgan fingerprint density at radius 1 is 0.600 bits per heavy atom. The Bertz CT molecular complexity index is 410. The molecule has 0 aromatic heterocycles. The third kappa shape index (κ3) is 41.0.